The van der Waals surface area contributed by atoms with Crippen LogP contribution in [0.3, 0.4) is 0 Å². The van der Waals surface area contributed by atoms with Crippen LogP contribution in [0.5, 0.6) is 0 Å². The predicted octanol–water partition coefficient (Wildman–Crippen LogP) is 2.58. The van der Waals surface area contributed by atoms with E-state index < -0.39 is 0 Å². The summed E-state index contributed by atoms with van der Waals surface area (Å²) in [6.45, 7) is 4.70. The van der Waals surface area contributed by atoms with Crippen molar-refractivity contribution in [1.29, 1.82) is 0 Å². The third-order valence-electron chi connectivity index (χ3n) is 4.51. The number of rotatable bonds is 0. The summed E-state index contributed by atoms with van der Waals surface area (Å²) in [6, 6.07) is 0. The first kappa shape index (κ1) is 8.55. The molecule has 2 rings (SSSR count). The maximum atomic E-state index is 9.86. The molecule has 2 fully saturated rings. The Hall–Kier alpha value is -0.0400. The van der Waals surface area contributed by atoms with Gasteiger partial charge in [-0.3, -0.25) is 0 Å². The standard InChI is InChI=1S/C11H20O/c1-8-7-10(12)9-5-3-4-6-11(8,9)2/h8-10,12H,3-7H2,1-2H3. The first-order valence-corrected chi connectivity index (χ1v) is 5.32. The van der Waals surface area contributed by atoms with Gasteiger partial charge in [-0.25, -0.2) is 0 Å². The second-order valence-corrected chi connectivity index (χ2v) is 5.06. The first-order valence-electron chi connectivity index (χ1n) is 5.32. The van der Waals surface area contributed by atoms with Crippen LogP contribution in [-0.4, -0.2) is 11.2 Å². The molecule has 4 unspecified atom stereocenters. The van der Waals surface area contributed by atoms with Crippen molar-refractivity contribution in [3.05, 3.63) is 0 Å². The summed E-state index contributed by atoms with van der Waals surface area (Å²) >= 11 is 0. The molecule has 0 heterocycles. The summed E-state index contributed by atoms with van der Waals surface area (Å²) in [5.41, 5.74) is 0.470. The van der Waals surface area contributed by atoms with Crippen molar-refractivity contribution in [1.82, 2.24) is 0 Å². The number of hydrogen-bond donors (Lipinski definition) is 1. The molecule has 2 aliphatic carbocycles. The van der Waals surface area contributed by atoms with E-state index >= 15 is 0 Å². The highest BCUT2D eigenvalue weighted by molar-refractivity contribution is 4.99. The van der Waals surface area contributed by atoms with Gasteiger partial charge in [-0.2, -0.15) is 0 Å². The van der Waals surface area contributed by atoms with E-state index in [1.54, 1.807) is 0 Å². The van der Waals surface area contributed by atoms with E-state index in [1.807, 2.05) is 0 Å². The fraction of sp³-hybridized carbons (Fsp3) is 1.00. The molecule has 0 bridgehead atoms. The molecule has 0 aliphatic heterocycles. The molecule has 0 aromatic heterocycles. The molecule has 1 N–H and O–H groups in total. The zero-order chi connectivity index (χ0) is 8.77. The minimum absolute atomic E-state index is 0.00491. The Morgan fingerprint density at radius 1 is 1.33 bits per heavy atom. The van der Waals surface area contributed by atoms with Crippen molar-refractivity contribution in [2.45, 2.75) is 52.1 Å². The van der Waals surface area contributed by atoms with Gasteiger partial charge in [-0.1, -0.05) is 26.7 Å². The summed E-state index contributed by atoms with van der Waals surface area (Å²) < 4.78 is 0. The van der Waals surface area contributed by atoms with E-state index in [1.165, 1.54) is 25.7 Å². The van der Waals surface area contributed by atoms with Crippen LogP contribution in [0.1, 0.15) is 46.0 Å². The minimum atomic E-state index is 0.00491. The molecule has 4 atom stereocenters. The van der Waals surface area contributed by atoms with Crippen molar-refractivity contribution >= 4 is 0 Å². The van der Waals surface area contributed by atoms with Crippen LogP contribution in [0, 0.1) is 17.3 Å². The van der Waals surface area contributed by atoms with Gasteiger partial charge in [-0.05, 0) is 36.5 Å². The quantitative estimate of drug-likeness (QED) is 0.589. The van der Waals surface area contributed by atoms with Crippen molar-refractivity contribution < 1.29 is 5.11 Å². The summed E-state index contributed by atoms with van der Waals surface area (Å²) in [6.07, 6.45) is 6.37. The van der Waals surface area contributed by atoms with E-state index in [-0.39, 0.29) is 6.10 Å². The fourth-order valence-corrected chi connectivity index (χ4v) is 3.42. The highest BCUT2D eigenvalue weighted by atomic mass is 16.3. The summed E-state index contributed by atoms with van der Waals surface area (Å²) in [7, 11) is 0. The number of aliphatic hydroxyl groups excluding tert-OH is 1. The highest BCUT2D eigenvalue weighted by Gasteiger charge is 2.49. The number of fused-ring (bicyclic) bond motifs is 1. The second kappa shape index (κ2) is 2.73. The Balaban J connectivity index is 2.21. The average molecular weight is 168 g/mol. The van der Waals surface area contributed by atoms with Gasteiger partial charge in [-0.15, -0.1) is 0 Å². The van der Waals surface area contributed by atoms with E-state index in [9.17, 15) is 5.11 Å². The van der Waals surface area contributed by atoms with Crippen molar-refractivity contribution in [3.63, 3.8) is 0 Å². The molecule has 0 saturated heterocycles. The predicted molar refractivity (Wildman–Crippen MR) is 49.9 cm³/mol. The summed E-state index contributed by atoms with van der Waals surface area (Å²) in [4.78, 5) is 0. The van der Waals surface area contributed by atoms with E-state index in [4.69, 9.17) is 0 Å². The van der Waals surface area contributed by atoms with Crippen molar-refractivity contribution in [2.75, 3.05) is 0 Å². The molecule has 0 aromatic carbocycles. The molecule has 1 heteroatoms. The molecule has 12 heavy (non-hydrogen) atoms. The maximum absolute atomic E-state index is 9.86. The van der Waals surface area contributed by atoms with Gasteiger partial charge < -0.3 is 5.11 Å². The number of aliphatic hydroxyl groups is 1. The lowest BCUT2D eigenvalue weighted by Gasteiger charge is -2.40. The smallest absolute Gasteiger partial charge is 0.0576 e. The van der Waals surface area contributed by atoms with Crippen LogP contribution in [-0.2, 0) is 0 Å². The monoisotopic (exact) mass is 168 g/mol. The van der Waals surface area contributed by atoms with E-state index in [0.29, 0.717) is 11.3 Å². The van der Waals surface area contributed by atoms with Gasteiger partial charge in [0.2, 0.25) is 0 Å². The lowest BCUT2D eigenvalue weighted by molar-refractivity contribution is 0.0439. The Bertz CT molecular complexity index is 178. The Morgan fingerprint density at radius 3 is 2.75 bits per heavy atom. The topological polar surface area (TPSA) is 20.2 Å². The molecule has 0 aromatic rings. The van der Waals surface area contributed by atoms with Crippen LogP contribution in [0.2, 0.25) is 0 Å². The van der Waals surface area contributed by atoms with Crippen LogP contribution in [0.4, 0.5) is 0 Å². The van der Waals surface area contributed by atoms with Gasteiger partial charge >= 0.3 is 0 Å². The third-order valence-corrected chi connectivity index (χ3v) is 4.51. The molecular formula is C11H20O. The molecule has 0 amide bonds. The van der Waals surface area contributed by atoms with Crippen molar-refractivity contribution in [2.24, 2.45) is 17.3 Å². The Kier molecular flexibility index (Phi) is 1.95. The normalized spacial score (nSPS) is 53.8. The van der Waals surface area contributed by atoms with Crippen LogP contribution in [0.25, 0.3) is 0 Å². The zero-order valence-electron chi connectivity index (χ0n) is 8.21. The molecule has 70 valence electrons. The molecule has 2 aliphatic rings. The van der Waals surface area contributed by atoms with Gasteiger partial charge in [0.25, 0.3) is 0 Å². The molecule has 0 radical (unpaired) electrons. The van der Waals surface area contributed by atoms with Crippen molar-refractivity contribution in [3.8, 4) is 0 Å². The van der Waals surface area contributed by atoms with E-state index in [0.717, 1.165) is 12.3 Å². The molecule has 0 spiro atoms. The lowest BCUT2D eigenvalue weighted by Crippen LogP contribution is -2.33. The van der Waals surface area contributed by atoms with Crippen LogP contribution in [0.15, 0.2) is 0 Å². The largest absolute Gasteiger partial charge is 0.393 e. The zero-order valence-corrected chi connectivity index (χ0v) is 8.21. The van der Waals surface area contributed by atoms with E-state index in [2.05, 4.69) is 13.8 Å². The lowest BCUT2D eigenvalue weighted by atomic mass is 9.66. The first-order chi connectivity index (χ1) is 5.64. The fourth-order valence-electron chi connectivity index (χ4n) is 3.42. The van der Waals surface area contributed by atoms with Crippen LogP contribution < -0.4 is 0 Å². The highest BCUT2D eigenvalue weighted by Crippen LogP contribution is 2.55. The maximum Gasteiger partial charge on any atom is 0.0576 e. The molecule has 1 nitrogen and oxygen atoms in total. The number of hydrogen-bond acceptors (Lipinski definition) is 1. The van der Waals surface area contributed by atoms with Gasteiger partial charge in [0, 0.05) is 0 Å². The molecule has 2 saturated carbocycles. The second-order valence-electron chi connectivity index (χ2n) is 5.06. The average Bonchev–Trinajstić information content (AvgIpc) is 2.25. The van der Waals surface area contributed by atoms with Gasteiger partial charge in [0.05, 0.1) is 6.10 Å². The summed E-state index contributed by atoms with van der Waals surface area (Å²) in [5.74, 6) is 1.35. The van der Waals surface area contributed by atoms with Crippen LogP contribution >= 0.6 is 0 Å². The SMILES string of the molecule is CC1CC(O)C2CCCCC12C. The van der Waals surface area contributed by atoms with Gasteiger partial charge in [0.1, 0.15) is 0 Å². The summed E-state index contributed by atoms with van der Waals surface area (Å²) in [5, 5.41) is 9.86. The third kappa shape index (κ3) is 1.02. The molecular weight excluding hydrogens is 148 g/mol. The minimum Gasteiger partial charge on any atom is -0.393 e. The Morgan fingerprint density at radius 2 is 2.08 bits per heavy atom. The Labute approximate surface area is 75.2 Å². The van der Waals surface area contributed by atoms with Gasteiger partial charge in [0.15, 0.2) is 0 Å².